The summed E-state index contributed by atoms with van der Waals surface area (Å²) in [4.78, 5) is 14.0. The molecule has 1 aromatic rings. The smallest absolute Gasteiger partial charge is 0.253 e. The quantitative estimate of drug-likeness (QED) is 0.813. The van der Waals surface area contributed by atoms with Crippen LogP contribution in [0, 0.1) is 0 Å². The second kappa shape index (κ2) is 4.85. The maximum atomic E-state index is 12.3. The fraction of sp³-hybridized carbons (Fsp3) is 0.533. The van der Waals surface area contributed by atoms with Crippen LogP contribution in [0.4, 0.5) is 0 Å². The number of likely N-dealkylation sites (tertiary alicyclic amines) is 1. The van der Waals surface area contributed by atoms with Gasteiger partial charge in [0.25, 0.3) is 5.91 Å². The Labute approximate surface area is 113 Å². The van der Waals surface area contributed by atoms with E-state index >= 15 is 0 Å². The van der Waals surface area contributed by atoms with E-state index in [1.165, 1.54) is 0 Å². The first-order valence-corrected chi connectivity index (χ1v) is 6.60. The molecule has 4 nitrogen and oxygen atoms in total. The van der Waals surface area contributed by atoms with Crippen LogP contribution in [0.3, 0.4) is 0 Å². The van der Waals surface area contributed by atoms with E-state index in [0.29, 0.717) is 25.1 Å². The minimum atomic E-state index is -0.414. The highest BCUT2D eigenvalue weighted by Gasteiger charge is 2.27. The molecule has 1 saturated heterocycles. The third-order valence-electron chi connectivity index (χ3n) is 3.50. The zero-order valence-corrected chi connectivity index (χ0v) is 11.7. The number of aliphatic hydroxyl groups excluding tert-OH is 1. The first-order chi connectivity index (χ1) is 8.79. The number of nitrogens with zero attached hydrogens (tertiary/aromatic N) is 1. The van der Waals surface area contributed by atoms with Crippen molar-refractivity contribution < 1.29 is 15.0 Å². The molecule has 19 heavy (non-hydrogen) atoms. The lowest BCUT2D eigenvalue weighted by Gasteiger charge is -2.22. The molecule has 1 atom stereocenters. The number of amides is 1. The number of rotatable bonds is 1. The summed E-state index contributed by atoms with van der Waals surface area (Å²) in [5.74, 6) is 0.132. The van der Waals surface area contributed by atoms with Gasteiger partial charge in [-0.15, -0.1) is 0 Å². The largest absolute Gasteiger partial charge is 0.508 e. The molecule has 4 heteroatoms. The minimum absolute atomic E-state index is 0.0814. The summed E-state index contributed by atoms with van der Waals surface area (Å²) in [6.45, 7) is 6.97. The first kappa shape index (κ1) is 13.9. The molecule has 0 spiro atoms. The van der Waals surface area contributed by atoms with Crippen LogP contribution in [-0.4, -0.2) is 40.2 Å². The molecule has 1 heterocycles. The van der Waals surface area contributed by atoms with Crippen LogP contribution >= 0.6 is 0 Å². The predicted octanol–water partition coefficient (Wildman–Crippen LogP) is 1.90. The van der Waals surface area contributed by atoms with Gasteiger partial charge in [0.1, 0.15) is 5.75 Å². The van der Waals surface area contributed by atoms with Crippen LogP contribution in [0.1, 0.15) is 43.1 Å². The Hall–Kier alpha value is -1.55. The molecular formula is C15H21NO3. The van der Waals surface area contributed by atoms with Gasteiger partial charge in [-0.05, 0) is 30.0 Å². The molecule has 1 aliphatic heterocycles. The molecule has 0 aliphatic carbocycles. The van der Waals surface area contributed by atoms with E-state index in [4.69, 9.17) is 0 Å². The Bertz CT molecular complexity index is 491. The molecule has 0 bridgehead atoms. The van der Waals surface area contributed by atoms with Crippen LogP contribution in [0.5, 0.6) is 5.75 Å². The summed E-state index contributed by atoms with van der Waals surface area (Å²) < 4.78 is 0. The molecule has 1 aliphatic rings. The zero-order valence-electron chi connectivity index (χ0n) is 11.7. The van der Waals surface area contributed by atoms with E-state index in [1.54, 1.807) is 23.1 Å². The van der Waals surface area contributed by atoms with Crippen molar-refractivity contribution in [2.24, 2.45) is 0 Å². The van der Waals surface area contributed by atoms with Crippen molar-refractivity contribution in [2.75, 3.05) is 13.1 Å². The Kier molecular flexibility index (Phi) is 3.54. The summed E-state index contributed by atoms with van der Waals surface area (Å²) in [5.41, 5.74) is 1.11. The molecule has 1 aromatic carbocycles. The molecule has 0 saturated carbocycles. The fourth-order valence-electron chi connectivity index (χ4n) is 2.38. The molecule has 0 unspecified atom stereocenters. The molecule has 2 N–H and O–H groups in total. The van der Waals surface area contributed by atoms with Crippen molar-refractivity contribution in [3.05, 3.63) is 29.3 Å². The number of phenolic OH excluding ortho intramolecular Hbond substituents is 1. The standard InChI is InChI=1S/C15H21NO3/c1-15(2,3)12-8-10(4-5-13(12)18)14(19)16-7-6-11(17)9-16/h4-5,8,11,17-18H,6-7,9H2,1-3H3/t11-/m1/s1. The van der Waals surface area contributed by atoms with E-state index in [9.17, 15) is 15.0 Å². The molecule has 2 rings (SSSR count). The third kappa shape index (κ3) is 2.89. The summed E-state index contributed by atoms with van der Waals surface area (Å²) in [5, 5.41) is 19.4. The molecule has 0 aromatic heterocycles. The number of aliphatic hydroxyl groups is 1. The lowest BCUT2D eigenvalue weighted by molar-refractivity contribution is 0.0765. The summed E-state index contributed by atoms with van der Waals surface area (Å²) in [6.07, 6.45) is 0.221. The number of benzene rings is 1. The Morgan fingerprint density at radius 1 is 1.37 bits per heavy atom. The second-order valence-electron chi connectivity index (χ2n) is 6.18. The maximum absolute atomic E-state index is 12.3. The van der Waals surface area contributed by atoms with Crippen molar-refractivity contribution in [2.45, 2.75) is 38.7 Å². The van der Waals surface area contributed by atoms with Gasteiger partial charge in [0, 0.05) is 24.2 Å². The highest BCUT2D eigenvalue weighted by Crippen LogP contribution is 2.31. The highest BCUT2D eigenvalue weighted by atomic mass is 16.3. The van der Waals surface area contributed by atoms with Gasteiger partial charge in [-0.1, -0.05) is 20.8 Å². The molecular weight excluding hydrogens is 242 g/mol. The van der Waals surface area contributed by atoms with Gasteiger partial charge in [-0.25, -0.2) is 0 Å². The maximum Gasteiger partial charge on any atom is 0.253 e. The van der Waals surface area contributed by atoms with Crippen molar-refractivity contribution in [1.29, 1.82) is 0 Å². The number of carbonyl (C=O) groups is 1. The van der Waals surface area contributed by atoms with E-state index in [1.807, 2.05) is 20.8 Å². The Morgan fingerprint density at radius 3 is 2.58 bits per heavy atom. The molecule has 1 amide bonds. The van der Waals surface area contributed by atoms with Crippen molar-refractivity contribution in [1.82, 2.24) is 4.90 Å². The topological polar surface area (TPSA) is 60.8 Å². The average molecular weight is 263 g/mol. The van der Waals surface area contributed by atoms with Crippen molar-refractivity contribution in [3.63, 3.8) is 0 Å². The first-order valence-electron chi connectivity index (χ1n) is 6.60. The number of phenols is 1. The van der Waals surface area contributed by atoms with Gasteiger partial charge >= 0.3 is 0 Å². The van der Waals surface area contributed by atoms with Gasteiger partial charge in [0.15, 0.2) is 0 Å². The van der Waals surface area contributed by atoms with Crippen molar-refractivity contribution in [3.8, 4) is 5.75 Å². The summed E-state index contributed by atoms with van der Waals surface area (Å²) in [7, 11) is 0. The van der Waals surface area contributed by atoms with E-state index in [-0.39, 0.29) is 17.1 Å². The summed E-state index contributed by atoms with van der Waals surface area (Å²) in [6, 6.07) is 4.96. The monoisotopic (exact) mass is 263 g/mol. The predicted molar refractivity (Wildman–Crippen MR) is 73.3 cm³/mol. The number of aromatic hydroxyl groups is 1. The lowest BCUT2D eigenvalue weighted by atomic mass is 9.85. The van der Waals surface area contributed by atoms with Gasteiger partial charge in [-0.3, -0.25) is 4.79 Å². The van der Waals surface area contributed by atoms with Crippen LogP contribution in [0.2, 0.25) is 0 Å². The number of hydrogen-bond acceptors (Lipinski definition) is 3. The van der Waals surface area contributed by atoms with Crippen LogP contribution in [0.25, 0.3) is 0 Å². The number of hydrogen-bond donors (Lipinski definition) is 2. The SMILES string of the molecule is CC(C)(C)c1cc(C(=O)N2CC[C@@H](O)C2)ccc1O. The lowest BCUT2D eigenvalue weighted by Crippen LogP contribution is -2.29. The third-order valence-corrected chi connectivity index (χ3v) is 3.50. The summed E-state index contributed by atoms with van der Waals surface area (Å²) >= 11 is 0. The van der Waals surface area contributed by atoms with Crippen LogP contribution < -0.4 is 0 Å². The normalized spacial score (nSPS) is 19.8. The average Bonchev–Trinajstić information content (AvgIpc) is 2.74. The molecule has 0 radical (unpaired) electrons. The van der Waals surface area contributed by atoms with Crippen molar-refractivity contribution >= 4 is 5.91 Å². The second-order valence-corrected chi connectivity index (χ2v) is 6.18. The minimum Gasteiger partial charge on any atom is -0.508 e. The van der Waals surface area contributed by atoms with E-state index < -0.39 is 6.10 Å². The number of β-amino-alcohol motifs (C(OH)–C–C–N with tert-alkyl or cyclic N) is 1. The van der Waals surface area contributed by atoms with Gasteiger partial charge in [0.2, 0.25) is 0 Å². The Balaban J connectivity index is 2.28. The number of carbonyl (C=O) groups excluding carboxylic acids is 1. The zero-order chi connectivity index (χ0) is 14.2. The Morgan fingerprint density at radius 2 is 2.05 bits per heavy atom. The van der Waals surface area contributed by atoms with Gasteiger partial charge in [0.05, 0.1) is 6.10 Å². The fourth-order valence-corrected chi connectivity index (χ4v) is 2.38. The van der Waals surface area contributed by atoms with Crippen LogP contribution in [0.15, 0.2) is 18.2 Å². The van der Waals surface area contributed by atoms with Gasteiger partial charge in [-0.2, -0.15) is 0 Å². The van der Waals surface area contributed by atoms with E-state index in [2.05, 4.69) is 0 Å². The van der Waals surface area contributed by atoms with E-state index in [0.717, 1.165) is 5.56 Å². The molecule has 1 fully saturated rings. The van der Waals surface area contributed by atoms with Crippen LogP contribution in [-0.2, 0) is 5.41 Å². The van der Waals surface area contributed by atoms with Gasteiger partial charge < -0.3 is 15.1 Å². The highest BCUT2D eigenvalue weighted by molar-refractivity contribution is 5.95. The molecule has 104 valence electrons.